The van der Waals surface area contributed by atoms with Crippen LogP contribution in [0.25, 0.3) is 0 Å². The second-order valence-corrected chi connectivity index (χ2v) is 5.11. The minimum absolute atomic E-state index is 0.289. The molecule has 2 rings (SSSR count). The van der Waals surface area contributed by atoms with E-state index in [9.17, 15) is 4.39 Å². The number of halogens is 3. The molecule has 0 atom stereocenters. The maximum atomic E-state index is 13.3. The van der Waals surface area contributed by atoms with Crippen molar-refractivity contribution in [2.75, 3.05) is 0 Å². The quantitative estimate of drug-likeness (QED) is 0.758. The topological polar surface area (TPSA) is 9.23 Å². The highest BCUT2D eigenvalue weighted by atomic mass is 79.9. The van der Waals surface area contributed by atoms with E-state index in [-0.39, 0.29) is 5.82 Å². The van der Waals surface area contributed by atoms with Gasteiger partial charge in [0.2, 0.25) is 0 Å². The fourth-order valence-electron chi connectivity index (χ4n) is 1.53. The molecule has 0 heterocycles. The van der Waals surface area contributed by atoms with Gasteiger partial charge in [-0.15, -0.1) is 0 Å². The molecule has 0 spiro atoms. The number of ether oxygens (including phenoxy) is 1. The Morgan fingerprint density at radius 1 is 1.28 bits per heavy atom. The van der Waals surface area contributed by atoms with E-state index in [2.05, 4.69) is 15.9 Å². The van der Waals surface area contributed by atoms with E-state index in [0.29, 0.717) is 21.9 Å². The molecule has 0 aromatic heterocycles. The first-order valence-corrected chi connectivity index (χ1v) is 6.57. The van der Waals surface area contributed by atoms with E-state index in [4.69, 9.17) is 16.3 Å². The van der Waals surface area contributed by atoms with Gasteiger partial charge in [0.25, 0.3) is 0 Å². The third-order valence-corrected chi connectivity index (χ3v) is 3.87. The predicted octanol–water partition coefficient (Wildman–Crippen LogP) is 5.13. The van der Waals surface area contributed by atoms with Crippen LogP contribution in [0.1, 0.15) is 11.1 Å². The third-order valence-electron chi connectivity index (χ3n) is 2.56. The Balaban J connectivity index is 2.11. The maximum Gasteiger partial charge on any atom is 0.137 e. The average Bonchev–Trinajstić information content (AvgIpc) is 2.35. The summed E-state index contributed by atoms with van der Waals surface area (Å²) in [6.07, 6.45) is 0. The number of hydrogen-bond acceptors (Lipinski definition) is 1. The fourth-order valence-corrected chi connectivity index (χ4v) is 2.02. The third kappa shape index (κ3) is 3.03. The Morgan fingerprint density at radius 2 is 2.06 bits per heavy atom. The Morgan fingerprint density at radius 3 is 2.78 bits per heavy atom. The van der Waals surface area contributed by atoms with Crippen LogP contribution in [-0.4, -0.2) is 0 Å². The summed E-state index contributed by atoms with van der Waals surface area (Å²) < 4.78 is 19.4. The highest BCUT2D eigenvalue weighted by Crippen LogP contribution is 2.24. The summed E-state index contributed by atoms with van der Waals surface area (Å²) in [4.78, 5) is 0. The van der Waals surface area contributed by atoms with Crippen LogP contribution in [0.2, 0.25) is 5.02 Å². The standard InChI is InChI=1S/C14H11BrClFO/c1-9-7-11(5-6-12(9)16)18-8-10-3-2-4-13(17)14(10)15/h2-7H,8H2,1H3. The van der Waals surface area contributed by atoms with Gasteiger partial charge in [-0.25, -0.2) is 4.39 Å². The molecule has 0 bridgehead atoms. The van der Waals surface area contributed by atoms with Crippen molar-refractivity contribution in [3.05, 3.63) is 62.8 Å². The molecular formula is C14H11BrClFO. The Bertz CT molecular complexity index is 572. The van der Waals surface area contributed by atoms with E-state index >= 15 is 0 Å². The molecule has 0 aliphatic heterocycles. The average molecular weight is 330 g/mol. The van der Waals surface area contributed by atoms with Gasteiger partial charge >= 0.3 is 0 Å². The van der Waals surface area contributed by atoms with Crippen molar-refractivity contribution >= 4 is 27.5 Å². The molecule has 0 radical (unpaired) electrons. The van der Waals surface area contributed by atoms with E-state index < -0.39 is 0 Å². The van der Waals surface area contributed by atoms with Crippen LogP contribution in [0.15, 0.2) is 40.9 Å². The molecular weight excluding hydrogens is 319 g/mol. The van der Waals surface area contributed by atoms with E-state index in [1.807, 2.05) is 19.1 Å². The summed E-state index contributed by atoms with van der Waals surface area (Å²) in [6.45, 7) is 2.21. The zero-order valence-electron chi connectivity index (χ0n) is 9.71. The van der Waals surface area contributed by atoms with Crippen LogP contribution < -0.4 is 4.74 Å². The van der Waals surface area contributed by atoms with Gasteiger partial charge in [-0.3, -0.25) is 0 Å². The SMILES string of the molecule is Cc1cc(OCc2cccc(F)c2Br)ccc1Cl. The van der Waals surface area contributed by atoms with E-state index in [1.54, 1.807) is 18.2 Å². The zero-order valence-corrected chi connectivity index (χ0v) is 12.1. The molecule has 0 fully saturated rings. The van der Waals surface area contributed by atoms with Gasteiger partial charge in [-0.2, -0.15) is 0 Å². The molecule has 0 saturated carbocycles. The molecule has 0 aliphatic carbocycles. The van der Waals surface area contributed by atoms with Crippen molar-refractivity contribution < 1.29 is 9.13 Å². The molecule has 0 unspecified atom stereocenters. The molecule has 0 N–H and O–H groups in total. The summed E-state index contributed by atoms with van der Waals surface area (Å²) in [5.41, 5.74) is 1.72. The second kappa shape index (κ2) is 5.72. The van der Waals surface area contributed by atoms with Crippen LogP contribution in [0, 0.1) is 12.7 Å². The molecule has 94 valence electrons. The van der Waals surface area contributed by atoms with Crippen molar-refractivity contribution in [2.24, 2.45) is 0 Å². The Kier molecular flexibility index (Phi) is 4.25. The molecule has 1 nitrogen and oxygen atoms in total. The lowest BCUT2D eigenvalue weighted by atomic mass is 10.2. The normalized spacial score (nSPS) is 10.4. The first-order chi connectivity index (χ1) is 8.58. The minimum Gasteiger partial charge on any atom is -0.489 e. The maximum absolute atomic E-state index is 13.3. The monoisotopic (exact) mass is 328 g/mol. The van der Waals surface area contributed by atoms with E-state index in [1.165, 1.54) is 6.07 Å². The molecule has 0 saturated heterocycles. The molecule has 2 aromatic carbocycles. The lowest BCUT2D eigenvalue weighted by molar-refractivity contribution is 0.304. The van der Waals surface area contributed by atoms with Crippen LogP contribution in [0.5, 0.6) is 5.75 Å². The smallest absolute Gasteiger partial charge is 0.137 e. The lowest BCUT2D eigenvalue weighted by Crippen LogP contribution is -1.98. The van der Waals surface area contributed by atoms with Gasteiger partial charge in [0.05, 0.1) is 4.47 Å². The van der Waals surface area contributed by atoms with Crippen molar-refractivity contribution in [1.29, 1.82) is 0 Å². The first-order valence-electron chi connectivity index (χ1n) is 5.40. The highest BCUT2D eigenvalue weighted by molar-refractivity contribution is 9.10. The molecule has 2 aromatic rings. The lowest BCUT2D eigenvalue weighted by Gasteiger charge is -2.09. The number of hydrogen-bond donors (Lipinski definition) is 0. The van der Waals surface area contributed by atoms with Crippen LogP contribution >= 0.6 is 27.5 Å². The minimum atomic E-state index is -0.289. The Hall–Kier alpha value is -1.06. The van der Waals surface area contributed by atoms with Gasteiger partial charge in [0, 0.05) is 10.6 Å². The molecule has 0 aliphatic rings. The van der Waals surface area contributed by atoms with Crippen molar-refractivity contribution in [1.82, 2.24) is 0 Å². The summed E-state index contributed by atoms with van der Waals surface area (Å²) in [6, 6.07) is 10.3. The summed E-state index contributed by atoms with van der Waals surface area (Å²) in [7, 11) is 0. The van der Waals surface area contributed by atoms with Gasteiger partial charge in [-0.05, 0) is 52.7 Å². The van der Waals surface area contributed by atoms with Gasteiger partial charge < -0.3 is 4.74 Å². The fraction of sp³-hybridized carbons (Fsp3) is 0.143. The number of aryl methyl sites for hydroxylation is 1. The second-order valence-electron chi connectivity index (χ2n) is 3.91. The van der Waals surface area contributed by atoms with Crippen molar-refractivity contribution in [3.63, 3.8) is 0 Å². The molecule has 18 heavy (non-hydrogen) atoms. The van der Waals surface area contributed by atoms with Gasteiger partial charge in [0.1, 0.15) is 18.2 Å². The molecule has 4 heteroatoms. The summed E-state index contributed by atoms with van der Waals surface area (Å²) in [5.74, 6) is 0.427. The van der Waals surface area contributed by atoms with Gasteiger partial charge in [0.15, 0.2) is 0 Å². The Labute approximate surface area is 119 Å². The predicted molar refractivity (Wildman–Crippen MR) is 74.6 cm³/mol. The zero-order chi connectivity index (χ0) is 13.1. The van der Waals surface area contributed by atoms with Crippen LogP contribution in [0.3, 0.4) is 0 Å². The van der Waals surface area contributed by atoms with Crippen LogP contribution in [0.4, 0.5) is 4.39 Å². The van der Waals surface area contributed by atoms with Crippen LogP contribution in [-0.2, 0) is 6.61 Å². The van der Waals surface area contributed by atoms with Crippen molar-refractivity contribution in [3.8, 4) is 5.75 Å². The first kappa shape index (κ1) is 13.4. The van der Waals surface area contributed by atoms with Gasteiger partial charge in [-0.1, -0.05) is 23.7 Å². The van der Waals surface area contributed by atoms with E-state index in [0.717, 1.165) is 11.1 Å². The number of rotatable bonds is 3. The number of benzene rings is 2. The largest absolute Gasteiger partial charge is 0.489 e. The summed E-state index contributed by atoms with van der Waals surface area (Å²) in [5, 5.41) is 0.703. The summed E-state index contributed by atoms with van der Waals surface area (Å²) >= 11 is 9.13. The highest BCUT2D eigenvalue weighted by Gasteiger charge is 2.06. The van der Waals surface area contributed by atoms with Crippen molar-refractivity contribution in [2.45, 2.75) is 13.5 Å². The molecule has 0 amide bonds.